The maximum atomic E-state index is 12.0. The van der Waals surface area contributed by atoms with Gasteiger partial charge in [0.1, 0.15) is 5.65 Å². The van der Waals surface area contributed by atoms with Crippen molar-refractivity contribution in [3.8, 4) is 0 Å². The molecule has 6 heteroatoms. The highest BCUT2D eigenvalue weighted by molar-refractivity contribution is 5.85. The summed E-state index contributed by atoms with van der Waals surface area (Å²) in [6, 6.07) is 7.52. The van der Waals surface area contributed by atoms with Gasteiger partial charge in [-0.25, -0.2) is 4.98 Å². The number of nitrogens with zero attached hydrogens (tertiary/aromatic N) is 3. The predicted molar refractivity (Wildman–Crippen MR) is 85.7 cm³/mol. The van der Waals surface area contributed by atoms with Gasteiger partial charge < -0.3 is 5.73 Å². The Kier molecular flexibility index (Phi) is 4.98. The number of hydrogen-bond donors (Lipinski definition) is 1. The quantitative estimate of drug-likeness (QED) is 0.908. The fourth-order valence-electron chi connectivity index (χ4n) is 2.81. The first-order chi connectivity index (χ1) is 9.63. The van der Waals surface area contributed by atoms with Crippen molar-refractivity contribution in [3.63, 3.8) is 0 Å². The average Bonchev–Trinajstić information content (AvgIpc) is 2.43. The molecule has 2 aromatic rings. The number of pyridine rings is 1. The number of hydrogen-bond acceptors (Lipinski definition) is 4. The van der Waals surface area contributed by atoms with E-state index in [9.17, 15) is 4.79 Å². The van der Waals surface area contributed by atoms with Crippen molar-refractivity contribution in [2.24, 2.45) is 11.7 Å². The fraction of sp³-hybridized carbons (Fsp3) is 0.467. The standard InChI is InChI=1S/C15H20N4O.ClH/c1-11-9-18(7-5-13(11)16)10-12-8-15(20)19-6-3-2-4-14(19)17-12;/h2-4,6,8,11,13H,5,7,9-10,16H2,1H3;1H. The van der Waals surface area contributed by atoms with Crippen molar-refractivity contribution in [2.45, 2.75) is 25.9 Å². The summed E-state index contributed by atoms with van der Waals surface area (Å²) in [4.78, 5) is 18.9. The van der Waals surface area contributed by atoms with E-state index in [0.717, 1.165) is 31.7 Å². The van der Waals surface area contributed by atoms with Crippen LogP contribution in [-0.4, -0.2) is 33.4 Å². The van der Waals surface area contributed by atoms with Gasteiger partial charge in [0, 0.05) is 37.9 Å². The summed E-state index contributed by atoms with van der Waals surface area (Å²) in [7, 11) is 0. The van der Waals surface area contributed by atoms with E-state index in [-0.39, 0.29) is 18.0 Å². The molecule has 5 nitrogen and oxygen atoms in total. The Morgan fingerprint density at radius 3 is 3.00 bits per heavy atom. The smallest absolute Gasteiger partial charge is 0.258 e. The highest BCUT2D eigenvalue weighted by Gasteiger charge is 2.23. The number of aromatic nitrogens is 2. The first-order valence-electron chi connectivity index (χ1n) is 7.09. The molecule has 2 unspecified atom stereocenters. The van der Waals surface area contributed by atoms with Crippen molar-refractivity contribution in [2.75, 3.05) is 13.1 Å². The van der Waals surface area contributed by atoms with Gasteiger partial charge in [0.15, 0.2) is 0 Å². The average molecular weight is 309 g/mol. The lowest BCUT2D eigenvalue weighted by Crippen LogP contribution is -2.45. The minimum Gasteiger partial charge on any atom is -0.327 e. The largest absolute Gasteiger partial charge is 0.327 e. The molecule has 114 valence electrons. The molecule has 1 aliphatic rings. The van der Waals surface area contributed by atoms with E-state index in [0.29, 0.717) is 17.6 Å². The van der Waals surface area contributed by atoms with Gasteiger partial charge in [0.2, 0.25) is 0 Å². The maximum Gasteiger partial charge on any atom is 0.258 e. The molecule has 0 amide bonds. The molecule has 3 heterocycles. The molecule has 0 saturated carbocycles. The molecule has 2 aromatic heterocycles. The second kappa shape index (κ2) is 6.56. The Morgan fingerprint density at radius 1 is 1.43 bits per heavy atom. The summed E-state index contributed by atoms with van der Waals surface area (Å²) in [5, 5.41) is 0. The Hall–Kier alpha value is -1.43. The Morgan fingerprint density at radius 2 is 2.24 bits per heavy atom. The second-order valence-electron chi connectivity index (χ2n) is 5.68. The minimum absolute atomic E-state index is 0. The molecule has 0 bridgehead atoms. The van der Waals surface area contributed by atoms with Crippen molar-refractivity contribution in [1.29, 1.82) is 0 Å². The zero-order valence-corrected chi connectivity index (χ0v) is 12.9. The van der Waals surface area contributed by atoms with Crippen LogP contribution in [-0.2, 0) is 6.54 Å². The zero-order chi connectivity index (χ0) is 14.1. The van der Waals surface area contributed by atoms with E-state index in [2.05, 4.69) is 16.8 Å². The van der Waals surface area contributed by atoms with Crippen LogP contribution in [0.25, 0.3) is 5.65 Å². The van der Waals surface area contributed by atoms with E-state index >= 15 is 0 Å². The summed E-state index contributed by atoms with van der Waals surface area (Å²) in [6.07, 6.45) is 2.75. The van der Waals surface area contributed by atoms with Gasteiger partial charge in [0.05, 0.1) is 5.69 Å². The topological polar surface area (TPSA) is 63.6 Å². The highest BCUT2D eigenvalue weighted by Crippen LogP contribution is 2.16. The molecule has 3 rings (SSSR count). The van der Waals surface area contributed by atoms with Gasteiger partial charge in [-0.1, -0.05) is 13.0 Å². The van der Waals surface area contributed by atoms with Crippen LogP contribution in [0.1, 0.15) is 19.0 Å². The van der Waals surface area contributed by atoms with Gasteiger partial charge in [-0.2, -0.15) is 0 Å². The first-order valence-corrected chi connectivity index (χ1v) is 7.09. The van der Waals surface area contributed by atoms with Crippen LogP contribution >= 0.6 is 12.4 Å². The third-order valence-electron chi connectivity index (χ3n) is 4.07. The maximum absolute atomic E-state index is 12.0. The number of halogens is 1. The van der Waals surface area contributed by atoms with Crippen LogP contribution in [0.2, 0.25) is 0 Å². The number of nitrogens with two attached hydrogens (primary N) is 1. The lowest BCUT2D eigenvalue weighted by molar-refractivity contribution is 0.156. The second-order valence-corrected chi connectivity index (χ2v) is 5.68. The molecular formula is C15H21ClN4O. The van der Waals surface area contributed by atoms with E-state index in [1.165, 1.54) is 0 Å². The molecule has 0 radical (unpaired) electrons. The summed E-state index contributed by atoms with van der Waals surface area (Å²) in [6.45, 7) is 4.84. The molecule has 21 heavy (non-hydrogen) atoms. The predicted octanol–water partition coefficient (Wildman–Crippen LogP) is 1.29. The van der Waals surface area contributed by atoms with Crippen molar-refractivity contribution in [1.82, 2.24) is 14.3 Å². The van der Waals surface area contributed by atoms with Gasteiger partial charge in [-0.15, -0.1) is 12.4 Å². The van der Waals surface area contributed by atoms with Crippen molar-refractivity contribution < 1.29 is 0 Å². The molecule has 2 N–H and O–H groups in total. The van der Waals surface area contributed by atoms with E-state index < -0.39 is 0 Å². The Bertz CT molecular complexity index is 672. The van der Waals surface area contributed by atoms with Crippen LogP contribution in [0.5, 0.6) is 0 Å². The summed E-state index contributed by atoms with van der Waals surface area (Å²) >= 11 is 0. The van der Waals surface area contributed by atoms with Gasteiger partial charge in [-0.05, 0) is 24.5 Å². The lowest BCUT2D eigenvalue weighted by atomic mass is 9.95. The SMILES string of the molecule is CC1CN(Cc2cc(=O)n3ccccc3n2)CCC1N.Cl. The molecule has 1 fully saturated rings. The molecule has 0 aromatic carbocycles. The Labute approximate surface area is 130 Å². The minimum atomic E-state index is -0.0210. The monoisotopic (exact) mass is 308 g/mol. The van der Waals surface area contributed by atoms with Crippen LogP contribution < -0.4 is 11.3 Å². The van der Waals surface area contributed by atoms with E-state index in [1.807, 2.05) is 18.2 Å². The van der Waals surface area contributed by atoms with Crippen LogP contribution in [0.15, 0.2) is 35.3 Å². The Balaban J connectivity index is 0.00000161. The highest BCUT2D eigenvalue weighted by atomic mass is 35.5. The molecule has 1 saturated heterocycles. The summed E-state index contributed by atoms with van der Waals surface area (Å²) in [5.41, 5.74) is 7.56. The third-order valence-corrected chi connectivity index (χ3v) is 4.07. The molecule has 2 atom stereocenters. The molecule has 0 spiro atoms. The van der Waals surface area contributed by atoms with Gasteiger partial charge >= 0.3 is 0 Å². The summed E-state index contributed by atoms with van der Waals surface area (Å²) in [5.74, 6) is 0.491. The van der Waals surface area contributed by atoms with Crippen molar-refractivity contribution >= 4 is 18.1 Å². The van der Waals surface area contributed by atoms with Crippen LogP contribution in [0, 0.1) is 5.92 Å². The summed E-state index contributed by atoms with van der Waals surface area (Å²) < 4.78 is 1.57. The normalized spacial score (nSPS) is 23.0. The lowest BCUT2D eigenvalue weighted by Gasteiger charge is -2.34. The van der Waals surface area contributed by atoms with Gasteiger partial charge in [-0.3, -0.25) is 14.1 Å². The molecule has 1 aliphatic heterocycles. The third kappa shape index (κ3) is 3.43. The molecular weight excluding hydrogens is 288 g/mol. The fourth-order valence-corrected chi connectivity index (χ4v) is 2.81. The zero-order valence-electron chi connectivity index (χ0n) is 12.1. The van der Waals surface area contributed by atoms with Crippen LogP contribution in [0.4, 0.5) is 0 Å². The van der Waals surface area contributed by atoms with Crippen LogP contribution in [0.3, 0.4) is 0 Å². The number of rotatable bonds is 2. The van der Waals surface area contributed by atoms with Gasteiger partial charge in [0.25, 0.3) is 5.56 Å². The molecule has 0 aliphatic carbocycles. The van der Waals surface area contributed by atoms with Crippen molar-refractivity contribution in [3.05, 3.63) is 46.5 Å². The first kappa shape index (κ1) is 15.9. The number of piperidine rings is 1. The van der Waals surface area contributed by atoms with E-state index in [4.69, 9.17) is 5.73 Å². The number of fused-ring (bicyclic) bond motifs is 1. The van der Waals surface area contributed by atoms with E-state index in [1.54, 1.807) is 16.7 Å². The number of likely N-dealkylation sites (tertiary alicyclic amines) is 1.